The first-order valence-corrected chi connectivity index (χ1v) is 11.9. The number of H-pyrrole nitrogens is 1. The fourth-order valence-corrected chi connectivity index (χ4v) is 4.79. The number of amides is 1. The summed E-state index contributed by atoms with van der Waals surface area (Å²) in [7, 11) is 0. The molecule has 9 heteroatoms. The highest BCUT2D eigenvalue weighted by molar-refractivity contribution is 8.00. The van der Waals surface area contributed by atoms with Crippen LogP contribution in [0.2, 0.25) is 5.02 Å². The third-order valence-electron chi connectivity index (χ3n) is 4.64. The number of anilines is 1. The van der Waals surface area contributed by atoms with Crippen molar-refractivity contribution in [1.29, 1.82) is 0 Å². The molecule has 0 aliphatic heterocycles. The Morgan fingerprint density at radius 2 is 1.75 bits per heavy atom. The van der Waals surface area contributed by atoms with Crippen molar-refractivity contribution in [3.8, 4) is 0 Å². The fourth-order valence-electron chi connectivity index (χ4n) is 3.17. The second-order valence-electron chi connectivity index (χ2n) is 6.85. The predicted molar refractivity (Wildman–Crippen MR) is 131 cm³/mol. The summed E-state index contributed by atoms with van der Waals surface area (Å²) >= 11 is 8.78. The molecule has 0 aliphatic carbocycles. The average Bonchev–Trinajstić information content (AvgIpc) is 3.18. The number of hydrogen-bond donors (Lipinski definition) is 2. The molecule has 0 saturated heterocycles. The quantitative estimate of drug-likeness (QED) is 0.290. The lowest BCUT2D eigenvalue weighted by Gasteiger charge is -2.10. The molecule has 0 radical (unpaired) electrons. The van der Waals surface area contributed by atoms with E-state index in [1.165, 1.54) is 11.8 Å². The summed E-state index contributed by atoms with van der Waals surface area (Å²) in [5.74, 6) is 0.0346. The lowest BCUT2D eigenvalue weighted by atomic mass is 10.2. The largest absolute Gasteiger partial charge is 0.338 e. The van der Waals surface area contributed by atoms with Gasteiger partial charge in [-0.2, -0.15) is 0 Å². The zero-order chi connectivity index (χ0) is 21.9. The van der Waals surface area contributed by atoms with Crippen LogP contribution < -0.4 is 5.32 Å². The molecule has 1 amide bonds. The highest BCUT2D eigenvalue weighted by atomic mass is 35.5. The van der Waals surface area contributed by atoms with E-state index in [2.05, 4.69) is 25.5 Å². The van der Waals surface area contributed by atoms with Gasteiger partial charge in [0.15, 0.2) is 5.65 Å². The zero-order valence-corrected chi connectivity index (χ0v) is 19.0. The van der Waals surface area contributed by atoms with Gasteiger partial charge in [0, 0.05) is 25.7 Å². The highest BCUT2D eigenvalue weighted by Crippen LogP contribution is 2.34. The summed E-state index contributed by atoms with van der Waals surface area (Å²) in [5, 5.41) is 13.6. The number of nitrogens with zero attached hydrogens (tertiary/aromatic N) is 3. The van der Waals surface area contributed by atoms with E-state index >= 15 is 0 Å². The maximum atomic E-state index is 12.6. The van der Waals surface area contributed by atoms with Crippen molar-refractivity contribution in [1.82, 2.24) is 20.2 Å². The minimum Gasteiger partial charge on any atom is -0.338 e. The molecule has 0 atom stereocenters. The summed E-state index contributed by atoms with van der Waals surface area (Å²) in [6, 6.07) is 23.1. The van der Waals surface area contributed by atoms with Gasteiger partial charge in [0.05, 0.1) is 11.4 Å². The molecule has 2 heterocycles. The van der Waals surface area contributed by atoms with Crippen LogP contribution in [0.5, 0.6) is 0 Å². The number of fused-ring (bicyclic) bond motifs is 3. The molecule has 2 aromatic heterocycles. The number of thioether (sulfide) groups is 1. The van der Waals surface area contributed by atoms with Crippen LogP contribution in [0.25, 0.3) is 22.1 Å². The highest BCUT2D eigenvalue weighted by Gasteiger charge is 2.12. The van der Waals surface area contributed by atoms with Gasteiger partial charge in [-0.05, 0) is 42.5 Å². The third-order valence-corrected chi connectivity index (χ3v) is 6.81. The summed E-state index contributed by atoms with van der Waals surface area (Å²) in [4.78, 5) is 22.3. The lowest BCUT2D eigenvalue weighted by molar-refractivity contribution is -0.113. The van der Waals surface area contributed by atoms with Gasteiger partial charge in [-0.3, -0.25) is 4.79 Å². The first-order chi connectivity index (χ1) is 15.7. The van der Waals surface area contributed by atoms with Crippen LogP contribution in [0.4, 0.5) is 5.69 Å². The van der Waals surface area contributed by atoms with Crippen molar-refractivity contribution < 1.29 is 4.79 Å². The molecule has 5 aromatic rings. The molecule has 0 aliphatic rings. The second-order valence-corrected chi connectivity index (χ2v) is 9.35. The Bertz CT molecular complexity index is 1420. The summed E-state index contributed by atoms with van der Waals surface area (Å²) in [6.07, 6.45) is 0. The molecule has 3 aromatic carbocycles. The number of hydrogen-bond acceptors (Lipinski definition) is 6. The monoisotopic (exact) mass is 477 g/mol. The molecule has 0 spiro atoms. The smallest absolute Gasteiger partial charge is 0.234 e. The van der Waals surface area contributed by atoms with Crippen LogP contribution in [0.15, 0.2) is 87.7 Å². The van der Waals surface area contributed by atoms with E-state index in [-0.39, 0.29) is 11.7 Å². The molecule has 158 valence electrons. The number of para-hydroxylation sites is 2. The Labute approximate surface area is 197 Å². The number of aromatic amines is 1. The van der Waals surface area contributed by atoms with Crippen LogP contribution in [0.3, 0.4) is 0 Å². The van der Waals surface area contributed by atoms with Crippen LogP contribution >= 0.6 is 35.1 Å². The van der Waals surface area contributed by atoms with Crippen LogP contribution in [0.1, 0.15) is 0 Å². The molecule has 0 fully saturated rings. The topological polar surface area (TPSA) is 83.6 Å². The van der Waals surface area contributed by atoms with Crippen molar-refractivity contribution in [3.63, 3.8) is 0 Å². The molecule has 5 rings (SSSR count). The van der Waals surface area contributed by atoms with Crippen LogP contribution in [-0.4, -0.2) is 31.8 Å². The van der Waals surface area contributed by atoms with Gasteiger partial charge in [0.25, 0.3) is 0 Å². The molecule has 0 unspecified atom stereocenters. The number of carbonyl (C=O) groups excluding carboxylic acids is 1. The van der Waals surface area contributed by atoms with E-state index in [0.717, 1.165) is 31.9 Å². The van der Waals surface area contributed by atoms with Crippen LogP contribution in [-0.2, 0) is 4.79 Å². The van der Waals surface area contributed by atoms with E-state index in [4.69, 9.17) is 11.6 Å². The SMILES string of the molecule is O=C(CSc1nnc2c(n1)[nH]c1ccccc12)Nc1ccccc1Sc1ccc(Cl)cc1. The zero-order valence-electron chi connectivity index (χ0n) is 16.6. The van der Waals surface area contributed by atoms with E-state index < -0.39 is 0 Å². The Hall–Kier alpha value is -3.07. The first-order valence-electron chi connectivity index (χ1n) is 9.72. The summed E-state index contributed by atoms with van der Waals surface area (Å²) < 4.78 is 0. The normalized spacial score (nSPS) is 11.2. The maximum Gasteiger partial charge on any atom is 0.234 e. The van der Waals surface area contributed by atoms with E-state index in [0.29, 0.717) is 15.8 Å². The van der Waals surface area contributed by atoms with Crippen molar-refractivity contribution in [2.45, 2.75) is 14.9 Å². The fraction of sp³-hybridized carbons (Fsp3) is 0.0435. The maximum absolute atomic E-state index is 12.6. The minimum absolute atomic E-state index is 0.139. The number of nitrogens with one attached hydrogen (secondary N) is 2. The number of benzene rings is 3. The lowest BCUT2D eigenvalue weighted by Crippen LogP contribution is -2.15. The summed E-state index contributed by atoms with van der Waals surface area (Å²) in [5.41, 5.74) is 3.10. The van der Waals surface area contributed by atoms with E-state index in [1.807, 2.05) is 72.8 Å². The molecule has 6 nitrogen and oxygen atoms in total. The van der Waals surface area contributed by atoms with Crippen LogP contribution in [0, 0.1) is 0 Å². The Balaban J connectivity index is 1.26. The average molecular weight is 478 g/mol. The Kier molecular flexibility index (Phi) is 5.98. The molecule has 32 heavy (non-hydrogen) atoms. The Morgan fingerprint density at radius 1 is 0.969 bits per heavy atom. The predicted octanol–water partition coefficient (Wildman–Crippen LogP) is 6.04. The summed E-state index contributed by atoms with van der Waals surface area (Å²) in [6.45, 7) is 0. The van der Waals surface area contributed by atoms with Gasteiger partial charge in [-0.25, -0.2) is 4.98 Å². The number of halogens is 1. The van der Waals surface area contributed by atoms with Crippen molar-refractivity contribution in [3.05, 3.63) is 77.8 Å². The molecular weight excluding hydrogens is 462 g/mol. The standard InChI is InChI=1S/C23H16ClN5OS2/c24-14-9-11-15(12-10-14)32-19-8-4-3-7-18(19)25-20(30)13-31-23-27-22-21(28-29-23)16-5-1-2-6-17(16)26-22/h1-12H,13H2,(H,25,30)(H,26,27,29). The minimum atomic E-state index is -0.139. The van der Waals surface area contributed by atoms with E-state index in [1.54, 1.807) is 11.8 Å². The van der Waals surface area contributed by atoms with E-state index in [9.17, 15) is 4.79 Å². The van der Waals surface area contributed by atoms with Gasteiger partial charge in [-0.15, -0.1) is 10.2 Å². The van der Waals surface area contributed by atoms with Gasteiger partial charge >= 0.3 is 0 Å². The molecule has 2 N–H and O–H groups in total. The van der Waals surface area contributed by atoms with Crippen molar-refractivity contribution in [2.75, 3.05) is 11.1 Å². The van der Waals surface area contributed by atoms with Gasteiger partial charge in [0.1, 0.15) is 5.52 Å². The number of carbonyl (C=O) groups is 1. The van der Waals surface area contributed by atoms with Gasteiger partial charge in [-0.1, -0.05) is 65.5 Å². The number of aromatic nitrogens is 4. The number of rotatable bonds is 6. The molecule has 0 saturated carbocycles. The van der Waals surface area contributed by atoms with Gasteiger partial charge < -0.3 is 10.3 Å². The van der Waals surface area contributed by atoms with Gasteiger partial charge in [0.2, 0.25) is 11.1 Å². The molecular formula is C23H16ClN5OS2. The van der Waals surface area contributed by atoms with Crippen molar-refractivity contribution >= 4 is 68.8 Å². The Morgan fingerprint density at radius 3 is 2.62 bits per heavy atom. The molecule has 0 bridgehead atoms. The second kappa shape index (κ2) is 9.20. The first kappa shape index (κ1) is 20.8. The third kappa shape index (κ3) is 4.57. The van der Waals surface area contributed by atoms with Crippen molar-refractivity contribution in [2.24, 2.45) is 0 Å².